The molecule has 0 aliphatic rings. The van der Waals surface area contributed by atoms with Gasteiger partial charge in [-0.3, -0.25) is 4.79 Å². The zero-order valence-corrected chi connectivity index (χ0v) is 23.9. The molecule has 25 heteroatoms. The molecule has 0 aromatic heterocycles. The van der Waals surface area contributed by atoms with Gasteiger partial charge in [-0.15, -0.1) is 0 Å². The summed E-state index contributed by atoms with van der Waals surface area (Å²) in [5, 5.41) is 0. The van der Waals surface area contributed by atoms with Crippen LogP contribution in [-0.4, -0.2) is 49.9 Å². The van der Waals surface area contributed by atoms with E-state index in [1.54, 1.807) is 0 Å². The molecule has 0 spiro atoms. The Labute approximate surface area is 230 Å². The molecule has 0 bridgehead atoms. The maximum absolute atomic E-state index is 12.7. The molecule has 1 aromatic carbocycles. The van der Waals surface area contributed by atoms with Crippen LogP contribution in [0.2, 0.25) is 0 Å². The second-order valence-electron chi connectivity index (χ2n) is 5.19. The Hall–Kier alpha value is -1.94. The summed E-state index contributed by atoms with van der Waals surface area (Å²) in [5.41, 5.74) is -12.2. The number of benzene rings is 1. The second kappa shape index (κ2) is 20.9. The molecule has 0 saturated heterocycles. The van der Waals surface area contributed by atoms with Crippen LogP contribution < -0.4 is 35.5 Å². The average molecular weight is 818 g/mol. The molecule has 238 valence electrons. The molecule has 0 aliphatic heterocycles. The average Bonchev–Trinajstić information content (AvgIpc) is 2.56. The van der Waals surface area contributed by atoms with Crippen molar-refractivity contribution >= 4 is 32.1 Å². The fraction of sp³-hybridized carbons (Fsp3) is 0.357. The zero-order chi connectivity index (χ0) is 27.1. The molecule has 0 radical (unpaired) electrons. The Balaban J connectivity index is -0.0000000633. The van der Waals surface area contributed by atoms with Gasteiger partial charge in [0.15, 0.2) is 26.0 Å². The van der Waals surface area contributed by atoms with Crippen molar-refractivity contribution < 1.29 is 94.8 Å². The normalized spacial score (nSPS) is 10.9. The molecule has 0 aliphatic carbocycles. The van der Waals surface area contributed by atoms with E-state index in [1.165, 1.54) is 26.2 Å². The predicted octanol–water partition coefficient (Wildman–Crippen LogP) is 4.23. The van der Waals surface area contributed by atoms with Crippen molar-refractivity contribution in [2.45, 2.75) is 24.1 Å². The summed E-state index contributed by atoms with van der Waals surface area (Å²) in [6.07, 6.45) is -2.24. The summed E-state index contributed by atoms with van der Waals surface area (Å²) in [7, 11) is -10.9. The molecule has 15 N–H and O–H groups in total. The first-order valence-electron chi connectivity index (χ1n) is 7.32. The van der Waals surface area contributed by atoms with Crippen molar-refractivity contribution in [2.75, 3.05) is 7.11 Å². The molecule has 0 saturated carbocycles. The molecular weight excluding hydrogens is 792 g/mol. The van der Waals surface area contributed by atoms with Crippen molar-refractivity contribution in [1.29, 1.82) is 0 Å². The number of allylic oxidation sites excluding steroid dienone is 1. The van der Waals surface area contributed by atoms with Gasteiger partial charge in [-0.05, 0) is 30.7 Å². The first kappa shape index (κ1) is 57.1. The van der Waals surface area contributed by atoms with Crippen LogP contribution >= 0.6 is 0 Å². The van der Waals surface area contributed by atoms with Crippen LogP contribution in [0.5, 0.6) is 5.75 Å². The molecular formula is C14H26F9N5O8OsS2. The zero-order valence-electron chi connectivity index (χ0n) is 19.8. The Morgan fingerprint density at radius 3 is 1.31 bits per heavy atom. The van der Waals surface area contributed by atoms with Crippen LogP contribution in [0.25, 0.3) is 6.08 Å². The van der Waals surface area contributed by atoms with Crippen LogP contribution in [0.3, 0.4) is 0 Å². The van der Waals surface area contributed by atoms with Crippen molar-refractivity contribution in [1.82, 2.24) is 30.8 Å². The van der Waals surface area contributed by atoms with E-state index in [4.69, 9.17) is 30.7 Å². The minimum absolute atomic E-state index is 0. The SMILES string of the molecule is COc1ccc(/C=C/C(C)=O)c(C(F)(F)F)c1.N.N.N.N.N.O=S(=O)([O-])C(F)(F)F.O=S(=O)([O-])C(F)(F)F.[Os+2]. The summed E-state index contributed by atoms with van der Waals surface area (Å²) in [6.45, 7) is 1.27. The van der Waals surface area contributed by atoms with Crippen molar-refractivity contribution in [2.24, 2.45) is 0 Å². The third-order valence-corrected chi connectivity index (χ3v) is 3.76. The van der Waals surface area contributed by atoms with Gasteiger partial charge in [-0.1, -0.05) is 12.1 Å². The number of methoxy groups -OCH3 is 1. The van der Waals surface area contributed by atoms with Crippen LogP contribution in [0.4, 0.5) is 39.5 Å². The number of hydrogen-bond donors (Lipinski definition) is 5. The smallest absolute Gasteiger partial charge is 0.741 e. The van der Waals surface area contributed by atoms with Gasteiger partial charge in [0.1, 0.15) is 5.75 Å². The Morgan fingerprint density at radius 2 is 1.10 bits per heavy atom. The van der Waals surface area contributed by atoms with Gasteiger partial charge >= 0.3 is 37.0 Å². The number of rotatable bonds is 3. The van der Waals surface area contributed by atoms with E-state index in [0.717, 1.165) is 18.2 Å². The summed E-state index contributed by atoms with van der Waals surface area (Å²) < 4.78 is 161. The number of carbonyl (C=O) groups excluding carboxylic acids is 1. The minimum atomic E-state index is -6.09. The largest absolute Gasteiger partial charge is 2.00 e. The van der Waals surface area contributed by atoms with Crippen LogP contribution in [0.1, 0.15) is 18.1 Å². The van der Waals surface area contributed by atoms with Gasteiger partial charge in [0, 0.05) is 0 Å². The predicted molar refractivity (Wildman–Crippen MR) is 114 cm³/mol. The summed E-state index contributed by atoms with van der Waals surface area (Å²) >= 11 is 0. The molecule has 0 fully saturated rings. The van der Waals surface area contributed by atoms with E-state index >= 15 is 0 Å². The van der Waals surface area contributed by atoms with Gasteiger partial charge < -0.3 is 44.6 Å². The second-order valence-corrected chi connectivity index (χ2v) is 7.94. The standard InChI is InChI=1S/C12H11F3O2.2CHF3O3S.5H3N.Os/c1-8(16)3-4-9-5-6-10(17-2)7-11(9)12(13,14)15;2*2-1(3,4)8(5,6)7;;;;;;/h3-7H,1-2H3;2*(H,5,6,7);5*1H3;/q;;;;;;;;+2/p-2/b4-3+;;;;;;;;. The van der Waals surface area contributed by atoms with Gasteiger partial charge in [-0.25, -0.2) is 16.8 Å². The van der Waals surface area contributed by atoms with Crippen LogP contribution in [-0.2, 0) is 51.0 Å². The third kappa shape index (κ3) is 23.6. The quantitative estimate of drug-likeness (QED) is 0.124. The van der Waals surface area contributed by atoms with E-state index in [1.807, 2.05) is 0 Å². The first-order chi connectivity index (χ1) is 14.3. The van der Waals surface area contributed by atoms with Crippen molar-refractivity contribution in [3.05, 3.63) is 35.4 Å². The molecule has 1 rings (SSSR count). The Kier molecular flexibility index (Phi) is 30.6. The van der Waals surface area contributed by atoms with Crippen LogP contribution in [0.15, 0.2) is 24.3 Å². The number of ketones is 1. The van der Waals surface area contributed by atoms with E-state index in [9.17, 15) is 44.3 Å². The van der Waals surface area contributed by atoms with E-state index in [-0.39, 0.29) is 67.6 Å². The summed E-state index contributed by atoms with van der Waals surface area (Å²) in [5.74, 6) is -0.189. The minimum Gasteiger partial charge on any atom is -0.741 e. The number of ether oxygens (including phenoxy) is 1. The molecule has 0 unspecified atom stereocenters. The number of carbonyl (C=O) groups is 1. The van der Waals surface area contributed by atoms with Crippen LogP contribution in [0, 0.1) is 0 Å². The molecule has 13 nitrogen and oxygen atoms in total. The summed E-state index contributed by atoms with van der Waals surface area (Å²) in [4.78, 5) is 10.7. The van der Waals surface area contributed by atoms with Crippen molar-refractivity contribution in [3.63, 3.8) is 0 Å². The van der Waals surface area contributed by atoms with Gasteiger partial charge in [-0.2, -0.15) is 39.5 Å². The first-order valence-corrected chi connectivity index (χ1v) is 10.1. The van der Waals surface area contributed by atoms with E-state index in [0.29, 0.717) is 0 Å². The topological polar surface area (TPSA) is 316 Å². The molecule has 39 heavy (non-hydrogen) atoms. The van der Waals surface area contributed by atoms with Gasteiger partial charge in [0.2, 0.25) is 0 Å². The molecule has 1 aromatic rings. The number of alkyl halides is 9. The monoisotopic (exact) mass is 819 g/mol. The van der Waals surface area contributed by atoms with E-state index in [2.05, 4.69) is 0 Å². The van der Waals surface area contributed by atoms with Gasteiger partial charge in [0.05, 0.1) is 12.7 Å². The molecule has 0 heterocycles. The maximum Gasteiger partial charge on any atom is 2.00 e. The van der Waals surface area contributed by atoms with E-state index < -0.39 is 43.0 Å². The molecule has 0 atom stereocenters. The fourth-order valence-electron chi connectivity index (χ4n) is 1.26. The Bertz CT molecular complexity index is 1020. The third-order valence-electron chi connectivity index (χ3n) is 2.63. The fourth-order valence-corrected chi connectivity index (χ4v) is 1.26. The maximum atomic E-state index is 12.7. The number of hydrogen-bond acceptors (Lipinski definition) is 13. The summed E-state index contributed by atoms with van der Waals surface area (Å²) in [6, 6.07) is 3.58. The van der Waals surface area contributed by atoms with Gasteiger partial charge in [0.25, 0.3) is 0 Å². The molecule has 0 amide bonds. The number of halogens is 9. The Morgan fingerprint density at radius 1 is 0.795 bits per heavy atom. The van der Waals surface area contributed by atoms with Crippen molar-refractivity contribution in [3.8, 4) is 5.75 Å².